The van der Waals surface area contributed by atoms with Gasteiger partial charge in [-0.3, -0.25) is 9.69 Å². The summed E-state index contributed by atoms with van der Waals surface area (Å²) < 4.78 is 67.5. The van der Waals surface area contributed by atoms with Crippen LogP contribution < -0.4 is 20.7 Å². The Bertz CT molecular complexity index is 1660. The number of hydrogen-bond donors (Lipinski definition) is 4. The van der Waals surface area contributed by atoms with Gasteiger partial charge >= 0.3 is 6.18 Å². The number of ether oxygens (including phenoxy) is 2. The monoisotopic (exact) mass is 674 g/mol. The zero-order valence-corrected chi connectivity index (χ0v) is 26.9. The molecule has 6 rings (SSSR count). The second kappa shape index (κ2) is 13.9. The van der Waals surface area contributed by atoms with Crippen LogP contribution in [0, 0.1) is 23.1 Å². The molecule has 3 fully saturated rings. The third kappa shape index (κ3) is 7.46. The predicted octanol–water partition coefficient (Wildman–Crippen LogP) is 5.39. The van der Waals surface area contributed by atoms with Crippen LogP contribution in [0.2, 0.25) is 0 Å². The average Bonchev–Trinajstić information content (AvgIpc) is 3.34. The second-order valence-electron chi connectivity index (χ2n) is 12.6. The lowest BCUT2D eigenvalue weighted by atomic mass is 9.75. The highest BCUT2D eigenvalue weighted by Crippen LogP contribution is 2.43. The lowest BCUT2D eigenvalue weighted by Gasteiger charge is -2.58. The average molecular weight is 675 g/mol. The minimum Gasteiger partial charge on any atom is -0.489 e. The number of carbonyl (C=O) groups is 1. The van der Waals surface area contributed by atoms with E-state index >= 15 is 0 Å². The van der Waals surface area contributed by atoms with Crippen LogP contribution in [0.15, 0.2) is 30.3 Å². The molecule has 2 aliphatic heterocycles. The number of carbonyl (C=O) groups excluding carboxylic acids is 1. The van der Waals surface area contributed by atoms with Gasteiger partial charge in [-0.15, -0.1) is 11.3 Å². The molecule has 13 heteroatoms. The first kappa shape index (κ1) is 33.3. The van der Waals surface area contributed by atoms with Gasteiger partial charge < -0.3 is 30.5 Å². The molecule has 0 bridgehead atoms. The lowest BCUT2D eigenvalue weighted by molar-refractivity contribution is -0.200. The number of thiophene rings is 1. The van der Waals surface area contributed by atoms with E-state index in [9.17, 15) is 27.5 Å². The van der Waals surface area contributed by atoms with E-state index in [1.54, 1.807) is 12.1 Å². The van der Waals surface area contributed by atoms with Gasteiger partial charge in [0.2, 0.25) is 0 Å². The first-order valence-corrected chi connectivity index (χ1v) is 16.6. The van der Waals surface area contributed by atoms with Crippen LogP contribution in [0.1, 0.15) is 46.5 Å². The number of rotatable bonds is 10. The Kier molecular flexibility index (Phi) is 9.85. The van der Waals surface area contributed by atoms with Gasteiger partial charge in [0.15, 0.2) is 0 Å². The van der Waals surface area contributed by atoms with Crippen LogP contribution in [-0.2, 0) is 11.2 Å². The van der Waals surface area contributed by atoms with Crippen molar-refractivity contribution >= 4 is 38.7 Å². The molecule has 8 nitrogen and oxygen atoms in total. The van der Waals surface area contributed by atoms with Crippen LogP contribution in [0.4, 0.5) is 28.9 Å². The Morgan fingerprint density at radius 2 is 1.94 bits per heavy atom. The molecule has 47 heavy (non-hydrogen) atoms. The maximum atomic E-state index is 14.7. The van der Waals surface area contributed by atoms with Crippen LogP contribution in [0.3, 0.4) is 0 Å². The first-order chi connectivity index (χ1) is 22.6. The quantitative estimate of drug-likeness (QED) is 0.169. The van der Waals surface area contributed by atoms with Crippen molar-refractivity contribution in [2.75, 3.05) is 63.7 Å². The van der Waals surface area contributed by atoms with E-state index < -0.39 is 24.3 Å². The normalized spacial score (nSPS) is 20.6. The number of benzene rings is 2. The number of amides is 1. The number of halogens is 4. The summed E-state index contributed by atoms with van der Waals surface area (Å²) in [4.78, 5) is 14.9. The van der Waals surface area contributed by atoms with Crippen molar-refractivity contribution in [1.82, 2.24) is 10.2 Å². The molecule has 2 saturated heterocycles. The number of nitrogens with zero attached hydrogens (tertiary/aromatic N) is 1. The Morgan fingerprint density at radius 3 is 2.60 bits per heavy atom. The number of fused-ring (bicyclic) bond motifs is 1. The summed E-state index contributed by atoms with van der Waals surface area (Å²) in [6.07, 6.45) is -1.36. The van der Waals surface area contributed by atoms with Crippen molar-refractivity contribution in [2.45, 2.75) is 50.4 Å². The number of likely N-dealkylation sites (tertiary alicyclic amines) is 1. The number of hydrogen-bond acceptors (Lipinski definition) is 8. The highest BCUT2D eigenvalue weighted by atomic mass is 32.1. The zero-order valence-electron chi connectivity index (χ0n) is 26.1. The van der Waals surface area contributed by atoms with E-state index in [2.05, 4.69) is 32.7 Å². The number of anilines is 2. The smallest absolute Gasteiger partial charge is 0.393 e. The molecule has 0 radical (unpaired) electrons. The minimum absolute atomic E-state index is 0.0343. The summed E-state index contributed by atoms with van der Waals surface area (Å²) in [5.41, 5.74) is 1.31. The number of nitrogens with one attached hydrogen (secondary N) is 3. The fraction of sp³-hybridized carbons (Fsp3) is 0.500. The molecular weight excluding hydrogens is 636 g/mol. The molecule has 1 amide bonds. The molecule has 0 unspecified atom stereocenters. The zero-order chi connectivity index (χ0) is 33.2. The molecule has 0 atom stereocenters. The molecule has 3 heterocycles. The fourth-order valence-electron chi connectivity index (χ4n) is 6.75. The van der Waals surface area contributed by atoms with Gasteiger partial charge in [-0.05, 0) is 48.8 Å². The van der Waals surface area contributed by atoms with E-state index in [-0.39, 0.29) is 48.4 Å². The Morgan fingerprint density at radius 1 is 1.17 bits per heavy atom. The van der Waals surface area contributed by atoms with E-state index in [0.717, 1.165) is 68.4 Å². The third-order valence-electron chi connectivity index (χ3n) is 9.12. The predicted molar refractivity (Wildman–Crippen MR) is 174 cm³/mol. The van der Waals surface area contributed by atoms with Crippen molar-refractivity contribution in [2.24, 2.45) is 5.41 Å². The van der Waals surface area contributed by atoms with E-state index in [4.69, 9.17) is 9.47 Å². The largest absolute Gasteiger partial charge is 0.489 e. The molecule has 252 valence electrons. The van der Waals surface area contributed by atoms with Gasteiger partial charge in [-0.1, -0.05) is 24.0 Å². The highest BCUT2D eigenvalue weighted by molar-refractivity contribution is 7.20. The van der Waals surface area contributed by atoms with Crippen LogP contribution in [-0.4, -0.2) is 87.3 Å². The SMILES string of the molecule is CNC(=O)c1cc(OCCO)c(NCC#Cc2sc3c(NC4CCC(N5CC6(COC6)C5)CC4)cccc3c2CC(F)(F)F)cc1F. The topological polar surface area (TPSA) is 95.1 Å². The summed E-state index contributed by atoms with van der Waals surface area (Å²) in [5.74, 6) is 4.48. The molecule has 3 aliphatic rings. The summed E-state index contributed by atoms with van der Waals surface area (Å²) in [7, 11) is 1.37. The fourth-order valence-corrected chi connectivity index (χ4v) is 7.92. The molecule has 1 aliphatic carbocycles. The number of aliphatic hydroxyl groups excluding tert-OH is 1. The van der Waals surface area contributed by atoms with Gasteiger partial charge in [-0.2, -0.15) is 13.2 Å². The highest BCUT2D eigenvalue weighted by Gasteiger charge is 2.50. The van der Waals surface area contributed by atoms with Gasteiger partial charge in [0.25, 0.3) is 5.91 Å². The lowest BCUT2D eigenvalue weighted by Crippen LogP contribution is -2.68. The van der Waals surface area contributed by atoms with Crippen LogP contribution in [0.25, 0.3) is 10.1 Å². The second-order valence-corrected chi connectivity index (χ2v) is 13.6. The maximum absolute atomic E-state index is 14.7. The standard InChI is InChI=1S/C34H38F4N4O4S/c1-39-32(44)24-14-29(46-13-12-43)28(15-26(24)35)40-11-3-6-30-25(16-34(36,37)38)23-4-2-5-27(31(23)47-30)41-21-7-9-22(10-8-21)42-17-33(18-42)19-45-20-33/h2,4-5,14-15,21-22,40-41,43H,7-13,16-20H2,1H3,(H,39,44). The van der Waals surface area contributed by atoms with E-state index in [1.165, 1.54) is 24.5 Å². The molecule has 1 aromatic heterocycles. The van der Waals surface area contributed by atoms with E-state index in [1.807, 2.05) is 6.07 Å². The van der Waals surface area contributed by atoms with Crippen molar-refractivity contribution < 1.29 is 36.9 Å². The molecule has 1 saturated carbocycles. The van der Waals surface area contributed by atoms with Gasteiger partial charge in [0.05, 0.1) is 59.3 Å². The van der Waals surface area contributed by atoms with Gasteiger partial charge in [-0.25, -0.2) is 4.39 Å². The molecular formula is C34H38F4N4O4S. The Labute approximate surface area is 274 Å². The molecule has 2 aromatic carbocycles. The van der Waals surface area contributed by atoms with Crippen LogP contribution >= 0.6 is 11.3 Å². The van der Waals surface area contributed by atoms with Crippen molar-refractivity contribution in [1.29, 1.82) is 0 Å². The molecule has 4 N–H and O–H groups in total. The molecule has 1 spiro atoms. The summed E-state index contributed by atoms with van der Waals surface area (Å²) in [6, 6.07) is 8.54. The third-order valence-corrected chi connectivity index (χ3v) is 10.3. The van der Waals surface area contributed by atoms with Crippen molar-refractivity contribution in [3.63, 3.8) is 0 Å². The number of alkyl halides is 3. The van der Waals surface area contributed by atoms with Gasteiger partial charge in [0.1, 0.15) is 18.2 Å². The maximum Gasteiger partial charge on any atom is 0.393 e. The van der Waals surface area contributed by atoms with Crippen molar-refractivity contribution in [3.8, 4) is 17.6 Å². The van der Waals surface area contributed by atoms with Gasteiger partial charge in [0, 0.05) is 43.7 Å². The van der Waals surface area contributed by atoms with Crippen LogP contribution in [0.5, 0.6) is 5.75 Å². The Hall–Kier alpha value is -3.57. The summed E-state index contributed by atoms with van der Waals surface area (Å²) in [6.45, 7) is 3.56. The van der Waals surface area contributed by atoms with E-state index in [0.29, 0.717) is 21.7 Å². The number of aliphatic hydroxyl groups is 1. The summed E-state index contributed by atoms with van der Waals surface area (Å²) >= 11 is 1.24. The molecule has 3 aromatic rings. The minimum atomic E-state index is -4.42. The van der Waals surface area contributed by atoms with Crippen molar-refractivity contribution in [3.05, 3.63) is 52.2 Å². The first-order valence-electron chi connectivity index (χ1n) is 15.8. The Balaban J connectivity index is 1.17. The summed E-state index contributed by atoms with van der Waals surface area (Å²) in [5, 5.41) is 18.6.